The average Bonchev–Trinajstić information content (AvgIpc) is 2.82. The van der Waals surface area contributed by atoms with Crippen LogP contribution in [-0.4, -0.2) is 30.6 Å². The van der Waals surface area contributed by atoms with E-state index < -0.39 is 11.8 Å². The Kier molecular flexibility index (Phi) is 8.18. The SMILES string of the molecule is COc1ccc(Br)cc1C(=O)NC(=S)NNC(=O)COc1ccc(-c2ccccc2)cc1. The van der Waals surface area contributed by atoms with E-state index >= 15 is 0 Å². The van der Waals surface area contributed by atoms with Crippen molar-refractivity contribution in [2.45, 2.75) is 0 Å². The number of amides is 2. The summed E-state index contributed by atoms with van der Waals surface area (Å²) in [5.41, 5.74) is 7.28. The Hall–Kier alpha value is -3.43. The fraction of sp³-hybridized carbons (Fsp3) is 0.0870. The van der Waals surface area contributed by atoms with Gasteiger partial charge in [-0.15, -0.1) is 0 Å². The van der Waals surface area contributed by atoms with Gasteiger partial charge < -0.3 is 9.47 Å². The highest BCUT2D eigenvalue weighted by Crippen LogP contribution is 2.23. The summed E-state index contributed by atoms with van der Waals surface area (Å²) in [6.45, 7) is -0.228. The van der Waals surface area contributed by atoms with Crippen molar-refractivity contribution < 1.29 is 19.1 Å². The zero-order valence-corrected chi connectivity index (χ0v) is 19.5. The molecule has 0 aromatic heterocycles. The Morgan fingerprint density at radius 1 is 0.938 bits per heavy atom. The molecule has 0 spiro atoms. The van der Waals surface area contributed by atoms with Gasteiger partial charge in [0.15, 0.2) is 11.7 Å². The number of rotatable bonds is 6. The van der Waals surface area contributed by atoms with Crippen LogP contribution in [0.3, 0.4) is 0 Å². The van der Waals surface area contributed by atoms with Crippen LogP contribution in [-0.2, 0) is 4.79 Å². The summed E-state index contributed by atoms with van der Waals surface area (Å²) in [6.07, 6.45) is 0. The molecule has 0 aliphatic heterocycles. The van der Waals surface area contributed by atoms with E-state index in [1.807, 2.05) is 42.5 Å². The molecule has 7 nitrogen and oxygen atoms in total. The van der Waals surface area contributed by atoms with Crippen molar-refractivity contribution >= 4 is 45.1 Å². The van der Waals surface area contributed by atoms with Crippen molar-refractivity contribution in [3.8, 4) is 22.6 Å². The van der Waals surface area contributed by atoms with E-state index in [2.05, 4.69) is 32.1 Å². The molecule has 0 saturated heterocycles. The van der Waals surface area contributed by atoms with Crippen molar-refractivity contribution in [3.05, 3.63) is 82.8 Å². The number of benzene rings is 3. The lowest BCUT2D eigenvalue weighted by molar-refractivity contribution is -0.123. The van der Waals surface area contributed by atoms with Crippen LogP contribution >= 0.6 is 28.1 Å². The third-order valence-electron chi connectivity index (χ3n) is 4.28. The van der Waals surface area contributed by atoms with Crippen LogP contribution < -0.4 is 25.6 Å². The molecule has 3 rings (SSSR count). The molecule has 0 saturated carbocycles. The van der Waals surface area contributed by atoms with E-state index in [1.54, 1.807) is 30.3 Å². The zero-order valence-electron chi connectivity index (χ0n) is 17.1. The topological polar surface area (TPSA) is 88.7 Å². The average molecular weight is 514 g/mol. The number of ether oxygens (including phenoxy) is 2. The number of nitrogens with one attached hydrogen (secondary N) is 3. The third kappa shape index (κ3) is 6.53. The van der Waals surface area contributed by atoms with E-state index in [4.69, 9.17) is 21.7 Å². The van der Waals surface area contributed by atoms with Gasteiger partial charge in [-0.2, -0.15) is 0 Å². The van der Waals surface area contributed by atoms with Crippen molar-refractivity contribution in [1.29, 1.82) is 0 Å². The molecule has 2 amide bonds. The molecule has 9 heteroatoms. The van der Waals surface area contributed by atoms with Crippen LogP contribution in [0.1, 0.15) is 10.4 Å². The second-order valence-electron chi connectivity index (χ2n) is 6.48. The minimum atomic E-state index is -0.482. The predicted molar refractivity (Wildman–Crippen MR) is 129 cm³/mol. The van der Waals surface area contributed by atoms with Gasteiger partial charge in [0, 0.05) is 4.47 Å². The fourth-order valence-corrected chi connectivity index (χ4v) is 3.25. The number of hydrogen-bond donors (Lipinski definition) is 3. The molecule has 3 aromatic carbocycles. The molecule has 3 N–H and O–H groups in total. The first-order valence-electron chi connectivity index (χ1n) is 9.48. The molecule has 0 unspecified atom stereocenters. The molecule has 0 heterocycles. The highest BCUT2D eigenvalue weighted by Gasteiger charge is 2.14. The van der Waals surface area contributed by atoms with Gasteiger partial charge >= 0.3 is 0 Å². The van der Waals surface area contributed by atoms with Crippen molar-refractivity contribution in [3.63, 3.8) is 0 Å². The third-order valence-corrected chi connectivity index (χ3v) is 4.98. The molecule has 0 bridgehead atoms. The number of hydrogen-bond acceptors (Lipinski definition) is 5. The Labute approximate surface area is 199 Å². The van der Waals surface area contributed by atoms with Crippen LogP contribution in [0.15, 0.2) is 77.3 Å². The maximum absolute atomic E-state index is 12.4. The van der Waals surface area contributed by atoms with Crippen molar-refractivity contribution in [2.75, 3.05) is 13.7 Å². The Bertz CT molecular complexity index is 1110. The summed E-state index contributed by atoms with van der Waals surface area (Å²) >= 11 is 8.36. The minimum absolute atomic E-state index is 0.0717. The number of thiocarbonyl (C=S) groups is 1. The quantitative estimate of drug-likeness (QED) is 0.342. The van der Waals surface area contributed by atoms with Gasteiger partial charge in [-0.25, -0.2) is 0 Å². The first kappa shape index (κ1) is 23.2. The predicted octanol–water partition coefficient (Wildman–Crippen LogP) is 3.84. The Morgan fingerprint density at radius 2 is 1.62 bits per heavy atom. The van der Waals surface area contributed by atoms with Crippen LogP contribution in [0.5, 0.6) is 11.5 Å². The maximum Gasteiger partial charge on any atom is 0.276 e. The largest absolute Gasteiger partial charge is 0.496 e. The van der Waals surface area contributed by atoms with Gasteiger partial charge in [-0.1, -0.05) is 58.4 Å². The molecule has 3 aromatic rings. The number of carbonyl (C=O) groups is 2. The molecule has 0 aliphatic carbocycles. The molecular weight excluding hydrogens is 494 g/mol. The molecule has 0 atom stereocenters. The monoisotopic (exact) mass is 513 g/mol. The van der Waals surface area contributed by atoms with E-state index in [9.17, 15) is 9.59 Å². The molecule has 32 heavy (non-hydrogen) atoms. The van der Waals surface area contributed by atoms with E-state index in [0.717, 1.165) is 11.1 Å². The van der Waals surface area contributed by atoms with E-state index in [0.29, 0.717) is 21.5 Å². The lowest BCUT2D eigenvalue weighted by Crippen LogP contribution is -2.49. The number of carbonyl (C=O) groups excluding carboxylic acids is 2. The molecule has 164 valence electrons. The zero-order chi connectivity index (χ0) is 22.9. The Balaban J connectivity index is 1.44. The summed E-state index contributed by atoms with van der Waals surface area (Å²) in [6, 6.07) is 22.4. The fourth-order valence-electron chi connectivity index (χ4n) is 2.74. The second kappa shape index (κ2) is 11.3. The van der Waals surface area contributed by atoms with Gasteiger partial charge in [0.1, 0.15) is 11.5 Å². The molecular formula is C23H20BrN3O4S. The summed E-state index contributed by atoms with van der Waals surface area (Å²) < 4.78 is 11.4. The van der Waals surface area contributed by atoms with Gasteiger partial charge in [0.05, 0.1) is 12.7 Å². The highest BCUT2D eigenvalue weighted by molar-refractivity contribution is 9.10. The second-order valence-corrected chi connectivity index (χ2v) is 7.80. The normalized spacial score (nSPS) is 10.1. The summed E-state index contributed by atoms with van der Waals surface area (Å²) in [7, 11) is 1.46. The summed E-state index contributed by atoms with van der Waals surface area (Å²) in [5, 5.41) is 2.40. The summed E-state index contributed by atoms with van der Waals surface area (Å²) in [4.78, 5) is 24.4. The first-order valence-corrected chi connectivity index (χ1v) is 10.7. The summed E-state index contributed by atoms with van der Waals surface area (Å²) in [5.74, 6) is 0.0000965. The smallest absolute Gasteiger partial charge is 0.276 e. The molecule has 0 radical (unpaired) electrons. The van der Waals surface area contributed by atoms with Gasteiger partial charge in [-0.3, -0.25) is 25.8 Å². The molecule has 0 fully saturated rings. The Morgan fingerprint density at radius 3 is 2.31 bits per heavy atom. The first-order chi connectivity index (χ1) is 15.5. The van der Waals surface area contributed by atoms with Gasteiger partial charge in [0.2, 0.25) is 0 Å². The standard InChI is InChI=1S/C23H20BrN3O4S/c1-30-20-12-9-17(24)13-19(20)22(29)25-23(32)27-26-21(28)14-31-18-10-7-16(8-11-18)15-5-3-2-4-6-15/h2-13H,14H2,1H3,(H,26,28)(H2,25,27,29,32). The van der Waals surface area contributed by atoms with Crippen LogP contribution in [0.2, 0.25) is 0 Å². The van der Waals surface area contributed by atoms with E-state index in [-0.39, 0.29) is 11.7 Å². The van der Waals surface area contributed by atoms with Gasteiger partial charge in [-0.05, 0) is 53.7 Å². The van der Waals surface area contributed by atoms with E-state index in [1.165, 1.54) is 7.11 Å². The number of methoxy groups -OCH3 is 1. The lowest BCUT2D eigenvalue weighted by atomic mass is 10.1. The van der Waals surface area contributed by atoms with Crippen LogP contribution in [0, 0.1) is 0 Å². The van der Waals surface area contributed by atoms with Crippen molar-refractivity contribution in [2.24, 2.45) is 0 Å². The molecule has 0 aliphatic rings. The minimum Gasteiger partial charge on any atom is -0.496 e. The lowest BCUT2D eigenvalue weighted by Gasteiger charge is -2.13. The number of halogens is 1. The number of hydrazine groups is 1. The van der Waals surface area contributed by atoms with Gasteiger partial charge in [0.25, 0.3) is 11.8 Å². The van der Waals surface area contributed by atoms with Crippen molar-refractivity contribution in [1.82, 2.24) is 16.2 Å². The highest BCUT2D eigenvalue weighted by atomic mass is 79.9. The van der Waals surface area contributed by atoms with Crippen LogP contribution in [0.4, 0.5) is 0 Å². The van der Waals surface area contributed by atoms with Crippen LogP contribution in [0.25, 0.3) is 11.1 Å². The maximum atomic E-state index is 12.4.